The molecular formula is C5H7NaO2. The van der Waals surface area contributed by atoms with Crippen molar-refractivity contribution in [3.05, 3.63) is 19.6 Å². The van der Waals surface area contributed by atoms with Crippen LogP contribution < -0.4 is 29.6 Å². The smallest absolute Gasteiger partial charge is 0.496 e. The molecule has 0 aromatic heterocycles. The quantitative estimate of drug-likeness (QED) is 0.176. The van der Waals surface area contributed by atoms with Crippen molar-refractivity contribution in [2.24, 2.45) is 0 Å². The van der Waals surface area contributed by atoms with E-state index in [9.17, 15) is 4.79 Å². The van der Waals surface area contributed by atoms with Crippen LogP contribution in [0.25, 0.3) is 0 Å². The Labute approximate surface area is 71.2 Å². The van der Waals surface area contributed by atoms with Crippen LogP contribution in [0.1, 0.15) is 0 Å². The summed E-state index contributed by atoms with van der Waals surface area (Å²) in [5.74, 6) is -0.421. The van der Waals surface area contributed by atoms with Crippen molar-refractivity contribution in [3.63, 3.8) is 0 Å². The van der Waals surface area contributed by atoms with Gasteiger partial charge >= 0.3 is 35.5 Å². The van der Waals surface area contributed by atoms with E-state index in [1.165, 1.54) is 0 Å². The number of hydrogen-bond donors (Lipinski definition) is 0. The molecule has 0 N–H and O–H groups in total. The van der Waals surface area contributed by atoms with Crippen LogP contribution in [0.4, 0.5) is 0 Å². The molecule has 3 heteroatoms. The monoisotopic (exact) mass is 122 g/mol. The van der Waals surface area contributed by atoms with Crippen LogP contribution in [-0.2, 0) is 9.53 Å². The summed E-state index contributed by atoms with van der Waals surface area (Å²) in [4.78, 5) is 10.0. The maximum atomic E-state index is 10.0. The SMILES string of the molecule is C=CC(=O)OC[CH2-].[Na+]. The minimum absolute atomic E-state index is 0. The van der Waals surface area contributed by atoms with Gasteiger partial charge in [-0.05, 0) is 6.61 Å². The van der Waals surface area contributed by atoms with Gasteiger partial charge in [0.1, 0.15) is 0 Å². The van der Waals surface area contributed by atoms with Gasteiger partial charge in [-0.25, -0.2) is 4.79 Å². The van der Waals surface area contributed by atoms with Gasteiger partial charge < -0.3 is 11.7 Å². The van der Waals surface area contributed by atoms with E-state index in [1.54, 1.807) is 0 Å². The summed E-state index contributed by atoms with van der Waals surface area (Å²) < 4.78 is 4.32. The van der Waals surface area contributed by atoms with Crippen molar-refractivity contribution in [1.82, 2.24) is 0 Å². The fourth-order valence-corrected chi connectivity index (χ4v) is 0.160. The molecule has 0 aromatic carbocycles. The van der Waals surface area contributed by atoms with Crippen molar-refractivity contribution in [2.45, 2.75) is 0 Å². The summed E-state index contributed by atoms with van der Waals surface area (Å²) in [6.45, 7) is 6.63. The zero-order chi connectivity index (χ0) is 5.70. The zero-order valence-electron chi connectivity index (χ0n) is 5.02. The molecular weight excluding hydrogens is 115 g/mol. The Balaban J connectivity index is 0. The van der Waals surface area contributed by atoms with E-state index < -0.39 is 5.97 Å². The van der Waals surface area contributed by atoms with Gasteiger partial charge in [-0.15, -0.1) is 0 Å². The van der Waals surface area contributed by atoms with Crippen LogP contribution in [0.2, 0.25) is 0 Å². The summed E-state index contributed by atoms with van der Waals surface area (Å²) in [6.07, 6.45) is 1.10. The molecule has 40 valence electrons. The standard InChI is InChI=1S/C5H7O2.Na/c1-3-5(6)7-4-2;/h3H,1-2,4H2;/q-1;+1. The van der Waals surface area contributed by atoms with Gasteiger partial charge in [-0.1, -0.05) is 6.58 Å². The number of esters is 1. The first-order valence-electron chi connectivity index (χ1n) is 1.89. The zero-order valence-corrected chi connectivity index (χ0v) is 7.02. The first kappa shape index (κ1) is 11.1. The second kappa shape index (κ2) is 7.21. The van der Waals surface area contributed by atoms with Crippen molar-refractivity contribution in [3.8, 4) is 0 Å². The summed E-state index contributed by atoms with van der Waals surface area (Å²) in [6, 6.07) is 0. The molecule has 0 saturated heterocycles. The fourth-order valence-electron chi connectivity index (χ4n) is 0.160. The van der Waals surface area contributed by atoms with Crippen molar-refractivity contribution in [2.75, 3.05) is 6.61 Å². The minimum atomic E-state index is -0.421. The molecule has 0 amide bonds. The molecule has 0 atom stereocenters. The van der Waals surface area contributed by atoms with Crippen molar-refractivity contribution in [1.29, 1.82) is 0 Å². The van der Waals surface area contributed by atoms with Crippen LogP contribution in [0.5, 0.6) is 0 Å². The van der Waals surface area contributed by atoms with Crippen LogP contribution in [0.15, 0.2) is 12.7 Å². The van der Waals surface area contributed by atoms with Gasteiger partial charge in [0, 0.05) is 6.08 Å². The van der Waals surface area contributed by atoms with Crippen molar-refractivity contribution >= 4 is 5.97 Å². The number of rotatable bonds is 2. The van der Waals surface area contributed by atoms with Gasteiger partial charge in [-0.3, -0.25) is 0 Å². The molecule has 0 aliphatic heterocycles. The number of carbonyl (C=O) groups is 1. The molecule has 0 aliphatic carbocycles. The van der Waals surface area contributed by atoms with Crippen LogP contribution >= 0.6 is 0 Å². The van der Waals surface area contributed by atoms with E-state index in [1.807, 2.05) is 0 Å². The normalized spacial score (nSPS) is 6.62. The molecule has 0 bridgehead atoms. The van der Waals surface area contributed by atoms with E-state index in [4.69, 9.17) is 0 Å². The Kier molecular flexibility index (Phi) is 9.97. The molecule has 0 radical (unpaired) electrons. The second-order valence-corrected chi connectivity index (χ2v) is 0.872. The third kappa shape index (κ3) is 6.21. The molecule has 0 aliphatic rings. The van der Waals surface area contributed by atoms with Gasteiger partial charge in [0.2, 0.25) is 0 Å². The van der Waals surface area contributed by atoms with Gasteiger partial charge in [0.15, 0.2) is 0 Å². The number of hydrogen-bond acceptors (Lipinski definition) is 2. The predicted molar refractivity (Wildman–Crippen MR) is 26.5 cm³/mol. The average molecular weight is 122 g/mol. The molecule has 2 nitrogen and oxygen atoms in total. The average Bonchev–Trinajstić information content (AvgIpc) is 1.68. The van der Waals surface area contributed by atoms with Gasteiger partial charge in [-0.2, -0.15) is 0 Å². The Bertz CT molecular complexity index is 80.5. The molecule has 0 unspecified atom stereocenters. The largest absolute Gasteiger partial charge is 1.00 e. The molecule has 0 rings (SSSR count). The van der Waals surface area contributed by atoms with E-state index in [-0.39, 0.29) is 36.2 Å². The predicted octanol–water partition coefficient (Wildman–Crippen LogP) is -2.45. The third-order valence-electron chi connectivity index (χ3n) is 0.411. The maximum Gasteiger partial charge on any atom is 1.00 e. The molecule has 0 spiro atoms. The molecule has 0 aromatic rings. The first-order chi connectivity index (χ1) is 3.31. The van der Waals surface area contributed by atoms with Crippen molar-refractivity contribution < 1.29 is 39.1 Å². The number of ether oxygens (including phenoxy) is 1. The second-order valence-electron chi connectivity index (χ2n) is 0.872. The fraction of sp³-hybridized carbons (Fsp3) is 0.200. The number of carbonyl (C=O) groups excluding carboxylic acids is 1. The van der Waals surface area contributed by atoms with E-state index in [2.05, 4.69) is 18.2 Å². The maximum absolute atomic E-state index is 10.0. The molecule has 0 fully saturated rings. The van der Waals surface area contributed by atoms with E-state index in [0.717, 1.165) is 6.08 Å². The van der Waals surface area contributed by atoms with E-state index in [0.29, 0.717) is 0 Å². The van der Waals surface area contributed by atoms with Crippen LogP contribution in [0, 0.1) is 6.92 Å². The molecule has 8 heavy (non-hydrogen) atoms. The van der Waals surface area contributed by atoms with Gasteiger partial charge in [0.05, 0.1) is 0 Å². The van der Waals surface area contributed by atoms with Crippen LogP contribution in [0.3, 0.4) is 0 Å². The Morgan fingerprint density at radius 2 is 2.38 bits per heavy atom. The van der Waals surface area contributed by atoms with Crippen LogP contribution in [-0.4, -0.2) is 12.6 Å². The third-order valence-corrected chi connectivity index (χ3v) is 0.411. The summed E-state index contributed by atoms with van der Waals surface area (Å²) in [7, 11) is 0. The van der Waals surface area contributed by atoms with Gasteiger partial charge in [0.25, 0.3) is 0 Å². The summed E-state index contributed by atoms with van der Waals surface area (Å²) >= 11 is 0. The Morgan fingerprint density at radius 1 is 1.88 bits per heavy atom. The Hall–Kier alpha value is 0.210. The summed E-state index contributed by atoms with van der Waals surface area (Å²) in [5.41, 5.74) is 0. The molecule has 0 heterocycles. The first-order valence-corrected chi connectivity index (χ1v) is 1.89. The Morgan fingerprint density at radius 3 is 2.50 bits per heavy atom. The topological polar surface area (TPSA) is 26.3 Å². The minimum Gasteiger partial charge on any atom is -0.496 e. The van der Waals surface area contributed by atoms with E-state index >= 15 is 0 Å². The molecule has 0 saturated carbocycles. The summed E-state index contributed by atoms with van der Waals surface area (Å²) in [5, 5.41) is 0.